The first kappa shape index (κ1) is 20.5. The van der Waals surface area contributed by atoms with Gasteiger partial charge in [0.1, 0.15) is 6.10 Å². The lowest BCUT2D eigenvalue weighted by Crippen LogP contribution is -2.18. The van der Waals surface area contributed by atoms with Gasteiger partial charge >= 0.3 is 5.97 Å². The maximum Gasteiger partial charge on any atom is 0.306 e. The van der Waals surface area contributed by atoms with Crippen molar-refractivity contribution in [1.29, 1.82) is 0 Å². The second kappa shape index (κ2) is 10.4. The fourth-order valence-electron chi connectivity index (χ4n) is 2.97. The molecule has 0 heterocycles. The summed E-state index contributed by atoms with van der Waals surface area (Å²) in [5.41, 5.74) is 1.99. The number of esters is 1. The van der Waals surface area contributed by atoms with Crippen LogP contribution in [0.2, 0.25) is 10.0 Å². The molecule has 2 aromatic rings. The lowest BCUT2D eigenvalue weighted by Gasteiger charge is -2.28. The van der Waals surface area contributed by atoms with Gasteiger partial charge in [-0.3, -0.25) is 4.79 Å². The molecule has 2 nitrogen and oxygen atoms in total. The summed E-state index contributed by atoms with van der Waals surface area (Å²) in [7, 11) is 0. The number of unbranched alkanes of at least 4 members (excludes halogenated alkanes) is 1. The Morgan fingerprint density at radius 3 is 2.46 bits per heavy atom. The molecule has 2 atom stereocenters. The number of rotatable bonds is 9. The summed E-state index contributed by atoms with van der Waals surface area (Å²) in [4.78, 5) is 12.1. The van der Waals surface area contributed by atoms with Gasteiger partial charge in [-0.1, -0.05) is 60.5 Å². The van der Waals surface area contributed by atoms with Crippen LogP contribution in [0.25, 0.3) is 0 Å². The summed E-state index contributed by atoms with van der Waals surface area (Å²) in [6.45, 7) is 5.60. The molecule has 0 saturated carbocycles. The Morgan fingerprint density at radius 1 is 1.12 bits per heavy atom. The van der Waals surface area contributed by atoms with Crippen LogP contribution < -0.4 is 0 Å². The van der Waals surface area contributed by atoms with E-state index >= 15 is 0 Å². The molecule has 0 amide bonds. The molecule has 0 saturated heterocycles. The second-order valence-corrected chi connectivity index (χ2v) is 7.07. The number of carbonyl (C=O) groups excluding carboxylic acids is 1. The van der Waals surface area contributed by atoms with Crippen molar-refractivity contribution < 1.29 is 9.53 Å². The van der Waals surface area contributed by atoms with E-state index in [1.807, 2.05) is 54.6 Å². The van der Waals surface area contributed by atoms with Gasteiger partial charge in [-0.15, -0.1) is 6.58 Å². The summed E-state index contributed by atoms with van der Waals surface area (Å²) in [6, 6.07) is 15.2. The molecule has 0 aliphatic heterocycles. The molecule has 26 heavy (non-hydrogen) atoms. The van der Waals surface area contributed by atoms with E-state index in [1.165, 1.54) is 0 Å². The van der Waals surface area contributed by atoms with Crippen molar-refractivity contribution in [3.8, 4) is 0 Å². The Labute approximate surface area is 165 Å². The Hall–Kier alpha value is -1.77. The average Bonchev–Trinajstić information content (AvgIpc) is 2.64. The van der Waals surface area contributed by atoms with Crippen molar-refractivity contribution in [3.05, 3.63) is 82.4 Å². The van der Waals surface area contributed by atoms with Crippen LogP contribution >= 0.6 is 23.2 Å². The van der Waals surface area contributed by atoms with Crippen molar-refractivity contribution >= 4 is 29.2 Å². The minimum atomic E-state index is -0.386. The van der Waals surface area contributed by atoms with Gasteiger partial charge < -0.3 is 4.74 Å². The summed E-state index contributed by atoms with van der Waals surface area (Å²) >= 11 is 12.2. The monoisotopic (exact) mass is 390 g/mol. The lowest BCUT2D eigenvalue weighted by molar-refractivity contribution is -0.150. The highest BCUT2D eigenvalue weighted by Crippen LogP contribution is 2.39. The van der Waals surface area contributed by atoms with Gasteiger partial charge in [0.25, 0.3) is 0 Å². The predicted molar refractivity (Wildman–Crippen MR) is 109 cm³/mol. The minimum absolute atomic E-state index is 0.00493. The number of allylic oxidation sites excluding steroid dienone is 1. The molecule has 138 valence electrons. The average molecular weight is 391 g/mol. The molecular formula is C22H24Cl2O2. The zero-order chi connectivity index (χ0) is 18.9. The highest BCUT2D eigenvalue weighted by Gasteiger charge is 2.28. The molecule has 0 aliphatic carbocycles. The SMILES string of the molecule is C=CCCC[C@H](c1cccc(Cl)c1)C(OC(=O)CC)c1ccc(Cl)cc1. The number of hydrogen-bond acceptors (Lipinski definition) is 2. The van der Waals surface area contributed by atoms with E-state index in [9.17, 15) is 4.79 Å². The molecule has 0 spiro atoms. The van der Waals surface area contributed by atoms with Gasteiger partial charge in [0.2, 0.25) is 0 Å². The lowest BCUT2D eigenvalue weighted by atomic mass is 9.85. The Balaban J connectivity index is 2.42. The van der Waals surface area contributed by atoms with Crippen molar-refractivity contribution in [2.75, 3.05) is 0 Å². The third kappa shape index (κ3) is 5.89. The number of benzene rings is 2. The quantitative estimate of drug-likeness (QED) is 0.258. The van der Waals surface area contributed by atoms with Gasteiger partial charge in [0.15, 0.2) is 0 Å². The number of carbonyl (C=O) groups is 1. The van der Waals surface area contributed by atoms with Gasteiger partial charge in [-0.05, 0) is 54.7 Å². The fourth-order valence-corrected chi connectivity index (χ4v) is 3.30. The molecule has 0 aliphatic rings. The summed E-state index contributed by atoms with van der Waals surface area (Å²) in [5, 5.41) is 1.33. The van der Waals surface area contributed by atoms with Crippen LogP contribution in [0.1, 0.15) is 55.8 Å². The Bertz CT molecular complexity index is 725. The molecule has 2 rings (SSSR count). The molecule has 0 aromatic heterocycles. The molecule has 0 bridgehead atoms. The first-order chi connectivity index (χ1) is 12.5. The maximum atomic E-state index is 12.1. The molecule has 1 unspecified atom stereocenters. The molecule has 0 fully saturated rings. The molecular weight excluding hydrogens is 367 g/mol. The fraction of sp³-hybridized carbons (Fsp3) is 0.318. The molecule has 2 aromatic carbocycles. The predicted octanol–water partition coefficient (Wildman–Crippen LogP) is 7.13. The molecule has 0 radical (unpaired) electrons. The van der Waals surface area contributed by atoms with E-state index in [4.69, 9.17) is 27.9 Å². The van der Waals surface area contributed by atoms with Crippen LogP contribution in [0.3, 0.4) is 0 Å². The largest absolute Gasteiger partial charge is 0.457 e. The van der Waals surface area contributed by atoms with Gasteiger partial charge in [-0.2, -0.15) is 0 Å². The van der Waals surface area contributed by atoms with Crippen LogP contribution in [0.4, 0.5) is 0 Å². The smallest absolute Gasteiger partial charge is 0.306 e. The third-order valence-corrected chi connectivity index (χ3v) is 4.80. The standard InChI is InChI=1S/C22H24Cl2O2/c1-3-5-6-10-20(17-8-7-9-19(24)15-17)22(26-21(25)4-2)16-11-13-18(23)14-12-16/h3,7-9,11-15,20,22H,1,4-6,10H2,2H3/t20-,22?/m1/s1. The van der Waals surface area contributed by atoms with Crippen LogP contribution in [0.5, 0.6) is 0 Å². The number of hydrogen-bond donors (Lipinski definition) is 0. The second-order valence-electron chi connectivity index (χ2n) is 6.20. The summed E-state index contributed by atoms with van der Waals surface area (Å²) < 4.78 is 5.86. The zero-order valence-corrected chi connectivity index (χ0v) is 16.5. The van der Waals surface area contributed by atoms with E-state index < -0.39 is 0 Å². The van der Waals surface area contributed by atoms with Crippen molar-refractivity contribution in [3.63, 3.8) is 0 Å². The minimum Gasteiger partial charge on any atom is -0.457 e. The Kier molecular flexibility index (Phi) is 8.21. The van der Waals surface area contributed by atoms with Gasteiger partial charge in [0, 0.05) is 22.4 Å². The van der Waals surface area contributed by atoms with E-state index in [-0.39, 0.29) is 18.0 Å². The van der Waals surface area contributed by atoms with E-state index in [2.05, 4.69) is 6.58 Å². The van der Waals surface area contributed by atoms with Crippen LogP contribution in [0, 0.1) is 0 Å². The topological polar surface area (TPSA) is 26.3 Å². The van der Waals surface area contributed by atoms with Crippen LogP contribution in [0.15, 0.2) is 61.2 Å². The van der Waals surface area contributed by atoms with Crippen LogP contribution in [-0.4, -0.2) is 5.97 Å². The molecule has 0 N–H and O–H groups in total. The molecule has 4 heteroatoms. The number of halogens is 2. The van der Waals surface area contributed by atoms with Crippen LogP contribution in [-0.2, 0) is 9.53 Å². The Morgan fingerprint density at radius 2 is 1.85 bits per heavy atom. The summed E-state index contributed by atoms with van der Waals surface area (Å²) in [6.07, 6.45) is 4.57. The van der Waals surface area contributed by atoms with E-state index in [0.29, 0.717) is 16.5 Å². The summed E-state index contributed by atoms with van der Waals surface area (Å²) in [5.74, 6) is -0.217. The highest BCUT2D eigenvalue weighted by atomic mass is 35.5. The van der Waals surface area contributed by atoms with E-state index in [1.54, 1.807) is 6.92 Å². The van der Waals surface area contributed by atoms with Gasteiger partial charge in [0.05, 0.1) is 0 Å². The van der Waals surface area contributed by atoms with Crippen molar-refractivity contribution in [1.82, 2.24) is 0 Å². The third-order valence-electron chi connectivity index (χ3n) is 4.31. The van der Waals surface area contributed by atoms with E-state index in [0.717, 1.165) is 30.4 Å². The first-order valence-corrected chi connectivity index (χ1v) is 9.62. The first-order valence-electron chi connectivity index (χ1n) is 8.86. The van der Waals surface area contributed by atoms with Gasteiger partial charge in [-0.25, -0.2) is 0 Å². The van der Waals surface area contributed by atoms with Crippen molar-refractivity contribution in [2.45, 2.75) is 44.6 Å². The highest BCUT2D eigenvalue weighted by molar-refractivity contribution is 6.30. The maximum absolute atomic E-state index is 12.1. The normalized spacial score (nSPS) is 13.0. The number of ether oxygens (including phenoxy) is 1. The zero-order valence-electron chi connectivity index (χ0n) is 15.0. The van der Waals surface area contributed by atoms with Crippen molar-refractivity contribution in [2.24, 2.45) is 0 Å².